The zero-order chi connectivity index (χ0) is 14.8. The molecule has 0 amide bonds. The Hall–Kier alpha value is -1.39. The highest BCUT2D eigenvalue weighted by Gasteiger charge is 2.29. The van der Waals surface area contributed by atoms with Crippen LogP contribution in [0, 0.1) is 5.82 Å². The largest absolute Gasteiger partial charge is 0.485 e. The lowest BCUT2D eigenvalue weighted by atomic mass is 9.93. The molecule has 0 aromatic heterocycles. The van der Waals surface area contributed by atoms with Crippen molar-refractivity contribution in [2.24, 2.45) is 0 Å². The normalized spacial score (nSPS) is 20.7. The van der Waals surface area contributed by atoms with E-state index in [9.17, 15) is 4.39 Å². The van der Waals surface area contributed by atoms with Gasteiger partial charge < -0.3 is 10.1 Å². The van der Waals surface area contributed by atoms with Crippen molar-refractivity contribution < 1.29 is 9.13 Å². The molecule has 0 saturated carbocycles. The van der Waals surface area contributed by atoms with Crippen LogP contribution in [0.4, 0.5) is 4.39 Å². The Kier molecular flexibility index (Phi) is 4.27. The van der Waals surface area contributed by atoms with E-state index in [0.29, 0.717) is 0 Å². The standard InChI is InChI=1S/C17H17BrFNO/c1-2-20-15-10-17(11-4-3-5-12(18)8-11)21-16-7-6-13(19)9-14(15)16/h3-9,15,17,20H,2,10H2,1H3. The molecule has 0 bridgehead atoms. The van der Waals surface area contributed by atoms with Crippen LogP contribution in [-0.4, -0.2) is 6.54 Å². The summed E-state index contributed by atoms with van der Waals surface area (Å²) in [6.45, 7) is 2.90. The quantitative estimate of drug-likeness (QED) is 0.862. The molecule has 2 nitrogen and oxygen atoms in total. The van der Waals surface area contributed by atoms with Crippen LogP contribution in [-0.2, 0) is 0 Å². The average Bonchev–Trinajstić information content (AvgIpc) is 2.48. The third-order valence-corrected chi connectivity index (χ3v) is 4.23. The van der Waals surface area contributed by atoms with Gasteiger partial charge in [0.05, 0.1) is 0 Å². The number of hydrogen-bond donors (Lipinski definition) is 1. The van der Waals surface area contributed by atoms with Gasteiger partial charge in [-0.2, -0.15) is 0 Å². The molecule has 110 valence electrons. The molecule has 3 rings (SSSR count). The van der Waals surface area contributed by atoms with Crippen LogP contribution in [0.1, 0.15) is 36.6 Å². The molecular formula is C17H17BrFNO. The zero-order valence-electron chi connectivity index (χ0n) is 11.8. The van der Waals surface area contributed by atoms with E-state index in [2.05, 4.69) is 40.3 Å². The Bertz CT molecular complexity index is 646. The molecule has 0 spiro atoms. The molecule has 2 atom stereocenters. The van der Waals surface area contributed by atoms with Crippen LogP contribution >= 0.6 is 15.9 Å². The maximum atomic E-state index is 13.5. The minimum Gasteiger partial charge on any atom is -0.485 e. The molecule has 0 aliphatic carbocycles. The lowest BCUT2D eigenvalue weighted by Crippen LogP contribution is -2.29. The number of rotatable bonds is 3. The number of nitrogens with one attached hydrogen (secondary N) is 1. The molecule has 2 unspecified atom stereocenters. The molecule has 1 aliphatic rings. The molecule has 21 heavy (non-hydrogen) atoms. The monoisotopic (exact) mass is 349 g/mol. The van der Waals surface area contributed by atoms with E-state index in [4.69, 9.17) is 4.74 Å². The Morgan fingerprint density at radius 2 is 2.14 bits per heavy atom. The minimum absolute atomic E-state index is 0.0236. The van der Waals surface area contributed by atoms with Gasteiger partial charge in [0.1, 0.15) is 17.7 Å². The molecule has 4 heteroatoms. The van der Waals surface area contributed by atoms with Gasteiger partial charge in [0.25, 0.3) is 0 Å². The van der Waals surface area contributed by atoms with Crippen LogP contribution in [0.2, 0.25) is 0 Å². The zero-order valence-corrected chi connectivity index (χ0v) is 13.4. The van der Waals surface area contributed by atoms with Crippen molar-refractivity contribution in [3.63, 3.8) is 0 Å². The van der Waals surface area contributed by atoms with Gasteiger partial charge in [0, 0.05) is 22.5 Å². The second-order valence-corrected chi connectivity index (χ2v) is 6.11. The third kappa shape index (κ3) is 3.11. The highest BCUT2D eigenvalue weighted by Crippen LogP contribution is 2.41. The smallest absolute Gasteiger partial charge is 0.126 e. The summed E-state index contributed by atoms with van der Waals surface area (Å²) in [5.74, 6) is 0.541. The highest BCUT2D eigenvalue weighted by atomic mass is 79.9. The Morgan fingerprint density at radius 1 is 1.29 bits per heavy atom. The first-order chi connectivity index (χ1) is 10.2. The lowest BCUT2D eigenvalue weighted by Gasteiger charge is -2.33. The summed E-state index contributed by atoms with van der Waals surface area (Å²) >= 11 is 3.50. The van der Waals surface area contributed by atoms with Gasteiger partial charge in [-0.1, -0.05) is 35.0 Å². The van der Waals surface area contributed by atoms with Gasteiger partial charge in [-0.25, -0.2) is 4.39 Å². The van der Waals surface area contributed by atoms with Crippen molar-refractivity contribution in [2.75, 3.05) is 6.54 Å². The number of benzene rings is 2. The van der Waals surface area contributed by atoms with Crippen LogP contribution in [0.3, 0.4) is 0 Å². The van der Waals surface area contributed by atoms with Crippen molar-refractivity contribution in [3.05, 3.63) is 63.9 Å². The van der Waals surface area contributed by atoms with Crippen molar-refractivity contribution >= 4 is 15.9 Å². The van der Waals surface area contributed by atoms with E-state index in [0.717, 1.165) is 34.3 Å². The highest BCUT2D eigenvalue weighted by molar-refractivity contribution is 9.10. The first-order valence-electron chi connectivity index (χ1n) is 7.12. The summed E-state index contributed by atoms with van der Waals surface area (Å²) in [6, 6.07) is 13.0. The molecule has 2 aromatic carbocycles. The van der Waals surface area contributed by atoms with E-state index in [1.165, 1.54) is 6.07 Å². The Labute approximate surface area is 132 Å². The average molecular weight is 350 g/mol. The summed E-state index contributed by atoms with van der Waals surface area (Å²) in [5, 5.41) is 3.42. The van der Waals surface area contributed by atoms with Gasteiger partial charge in [-0.15, -0.1) is 0 Å². The van der Waals surface area contributed by atoms with Gasteiger partial charge in [-0.05, 0) is 42.4 Å². The maximum Gasteiger partial charge on any atom is 0.126 e. The molecule has 1 N–H and O–H groups in total. The summed E-state index contributed by atoms with van der Waals surface area (Å²) in [4.78, 5) is 0. The van der Waals surface area contributed by atoms with Crippen molar-refractivity contribution in [2.45, 2.75) is 25.5 Å². The topological polar surface area (TPSA) is 21.3 Å². The molecule has 2 aromatic rings. The van der Waals surface area contributed by atoms with E-state index in [1.54, 1.807) is 12.1 Å². The molecule has 0 saturated heterocycles. The fourth-order valence-electron chi connectivity index (χ4n) is 2.79. The second-order valence-electron chi connectivity index (χ2n) is 5.19. The number of fused-ring (bicyclic) bond motifs is 1. The molecule has 1 aliphatic heterocycles. The Morgan fingerprint density at radius 3 is 2.90 bits per heavy atom. The lowest BCUT2D eigenvalue weighted by molar-refractivity contribution is 0.151. The summed E-state index contributed by atoms with van der Waals surface area (Å²) in [7, 11) is 0. The van der Waals surface area contributed by atoms with Crippen molar-refractivity contribution in [1.29, 1.82) is 0 Å². The van der Waals surface area contributed by atoms with Crippen LogP contribution in [0.5, 0.6) is 5.75 Å². The van der Waals surface area contributed by atoms with E-state index in [-0.39, 0.29) is 18.0 Å². The van der Waals surface area contributed by atoms with Crippen LogP contribution in [0.25, 0.3) is 0 Å². The predicted octanol–water partition coefficient (Wildman–Crippen LogP) is 4.76. The van der Waals surface area contributed by atoms with Crippen LogP contribution < -0.4 is 10.1 Å². The second kappa shape index (κ2) is 6.16. The predicted molar refractivity (Wildman–Crippen MR) is 84.9 cm³/mol. The number of halogens is 2. The fourth-order valence-corrected chi connectivity index (χ4v) is 3.21. The van der Waals surface area contributed by atoms with Gasteiger partial charge >= 0.3 is 0 Å². The summed E-state index contributed by atoms with van der Waals surface area (Å²) in [5.41, 5.74) is 2.03. The van der Waals surface area contributed by atoms with E-state index >= 15 is 0 Å². The first-order valence-corrected chi connectivity index (χ1v) is 7.91. The van der Waals surface area contributed by atoms with Gasteiger partial charge in [-0.3, -0.25) is 0 Å². The van der Waals surface area contributed by atoms with Crippen LogP contribution in [0.15, 0.2) is 46.9 Å². The number of hydrogen-bond acceptors (Lipinski definition) is 2. The van der Waals surface area contributed by atoms with E-state index in [1.807, 2.05) is 12.1 Å². The molecule has 0 fully saturated rings. The maximum absolute atomic E-state index is 13.5. The minimum atomic E-state index is -0.221. The molecule has 0 radical (unpaired) electrons. The SMILES string of the molecule is CCNC1CC(c2cccc(Br)c2)Oc2ccc(F)cc21. The Balaban J connectivity index is 1.95. The van der Waals surface area contributed by atoms with Gasteiger partial charge in [0.15, 0.2) is 0 Å². The van der Waals surface area contributed by atoms with E-state index < -0.39 is 0 Å². The molecule has 1 heterocycles. The number of ether oxygens (including phenoxy) is 1. The van der Waals surface area contributed by atoms with Crippen molar-refractivity contribution in [3.8, 4) is 5.75 Å². The summed E-state index contributed by atoms with van der Waals surface area (Å²) < 4.78 is 20.6. The fraction of sp³-hybridized carbons (Fsp3) is 0.294. The molecular weight excluding hydrogens is 333 g/mol. The summed E-state index contributed by atoms with van der Waals surface area (Å²) in [6.07, 6.45) is 0.769. The third-order valence-electron chi connectivity index (χ3n) is 3.74. The van der Waals surface area contributed by atoms with Crippen molar-refractivity contribution in [1.82, 2.24) is 5.32 Å². The first kappa shape index (κ1) is 14.5. The van der Waals surface area contributed by atoms with Gasteiger partial charge in [0.2, 0.25) is 0 Å².